The molecule has 0 spiro atoms. The van der Waals surface area contributed by atoms with Crippen LogP contribution < -0.4 is 10.6 Å². The molecule has 46 heavy (non-hydrogen) atoms. The van der Waals surface area contributed by atoms with Crippen LogP contribution in [0.5, 0.6) is 0 Å². The number of aryl methyl sites for hydroxylation is 1. The summed E-state index contributed by atoms with van der Waals surface area (Å²) < 4.78 is 7.50. The summed E-state index contributed by atoms with van der Waals surface area (Å²) in [5.74, 6) is 1.83. The zero-order valence-electron chi connectivity index (χ0n) is 27.3. The third kappa shape index (κ3) is 6.22. The highest BCUT2D eigenvalue weighted by atomic mass is 16.5. The lowest BCUT2D eigenvalue weighted by molar-refractivity contribution is -0.132. The van der Waals surface area contributed by atoms with Gasteiger partial charge < -0.3 is 15.0 Å². The summed E-state index contributed by atoms with van der Waals surface area (Å²) in [6, 6.07) is 18.6. The maximum absolute atomic E-state index is 13.6. The smallest absolute Gasteiger partial charge is 0.324 e. The molecule has 2 fully saturated rings. The summed E-state index contributed by atoms with van der Waals surface area (Å²) in [6.45, 7) is 8.39. The summed E-state index contributed by atoms with van der Waals surface area (Å²) in [7, 11) is 0. The molecule has 1 aliphatic carbocycles. The second-order valence-electron chi connectivity index (χ2n) is 14.7. The Balaban J connectivity index is 0.956. The molecular formula is C38H45N5O3. The Labute approximate surface area is 271 Å². The molecule has 2 bridgehead atoms. The highest BCUT2D eigenvalue weighted by molar-refractivity contribution is 5.99. The van der Waals surface area contributed by atoms with E-state index in [9.17, 15) is 9.59 Å². The van der Waals surface area contributed by atoms with Crippen molar-refractivity contribution in [2.45, 2.75) is 96.2 Å². The molecule has 2 aromatic carbocycles. The van der Waals surface area contributed by atoms with Gasteiger partial charge in [0.15, 0.2) is 0 Å². The molecule has 2 N–H and O–H groups in total. The van der Waals surface area contributed by atoms with Crippen molar-refractivity contribution < 1.29 is 14.3 Å². The molecule has 3 amide bonds. The zero-order chi connectivity index (χ0) is 32.0. The quantitative estimate of drug-likeness (QED) is 0.296. The van der Waals surface area contributed by atoms with E-state index in [2.05, 4.69) is 67.5 Å². The van der Waals surface area contributed by atoms with E-state index in [1.165, 1.54) is 11.1 Å². The maximum atomic E-state index is 13.6. The summed E-state index contributed by atoms with van der Waals surface area (Å²) >= 11 is 0. The van der Waals surface area contributed by atoms with Crippen molar-refractivity contribution >= 4 is 23.4 Å². The van der Waals surface area contributed by atoms with Crippen LogP contribution in [0, 0.1) is 18.8 Å². The summed E-state index contributed by atoms with van der Waals surface area (Å²) in [5.41, 5.74) is 5.74. The fourth-order valence-electron chi connectivity index (χ4n) is 7.66. The molecule has 3 aliphatic heterocycles. The summed E-state index contributed by atoms with van der Waals surface area (Å²) in [4.78, 5) is 28.9. The van der Waals surface area contributed by atoms with Crippen LogP contribution in [0.15, 0.2) is 78.6 Å². The number of aromatic nitrogens is 2. The number of hydrogen-bond donors (Lipinski definition) is 2. The van der Waals surface area contributed by atoms with Gasteiger partial charge in [0, 0.05) is 40.7 Å². The van der Waals surface area contributed by atoms with E-state index in [-0.39, 0.29) is 23.5 Å². The van der Waals surface area contributed by atoms with Gasteiger partial charge in [-0.1, -0.05) is 50.6 Å². The fraction of sp³-hybridized carbons (Fsp3) is 0.447. The number of benzene rings is 2. The highest BCUT2D eigenvalue weighted by Gasteiger charge is 2.44. The average molecular weight is 620 g/mol. The number of nitrogens with zero attached hydrogens (tertiary/aromatic N) is 3. The van der Waals surface area contributed by atoms with Crippen molar-refractivity contribution in [3.63, 3.8) is 0 Å². The minimum atomic E-state index is -0.311. The average Bonchev–Trinajstić information content (AvgIpc) is 3.74. The van der Waals surface area contributed by atoms with E-state index >= 15 is 0 Å². The van der Waals surface area contributed by atoms with Gasteiger partial charge in [-0.3, -0.25) is 10.1 Å². The lowest BCUT2D eigenvalue weighted by Crippen LogP contribution is -2.48. The van der Waals surface area contributed by atoms with Crippen molar-refractivity contribution in [2.24, 2.45) is 11.8 Å². The van der Waals surface area contributed by atoms with Gasteiger partial charge >= 0.3 is 6.03 Å². The minimum Gasteiger partial charge on any atom is -0.494 e. The molecule has 2 saturated heterocycles. The summed E-state index contributed by atoms with van der Waals surface area (Å²) in [6.07, 6.45) is 13.2. The lowest BCUT2D eigenvalue weighted by atomic mass is 9.84. The van der Waals surface area contributed by atoms with Gasteiger partial charge in [-0.05, 0) is 99.8 Å². The van der Waals surface area contributed by atoms with Gasteiger partial charge in [-0.15, -0.1) is 0 Å². The topological polar surface area (TPSA) is 88.5 Å². The molecule has 4 atom stereocenters. The lowest BCUT2D eigenvalue weighted by Gasteiger charge is -2.40. The van der Waals surface area contributed by atoms with Crippen LogP contribution in [0.25, 0.3) is 5.69 Å². The first-order chi connectivity index (χ1) is 22.1. The number of rotatable bonds is 6. The first-order valence-corrected chi connectivity index (χ1v) is 16.8. The molecule has 3 aromatic rings. The van der Waals surface area contributed by atoms with Crippen LogP contribution in [-0.4, -0.2) is 44.8 Å². The van der Waals surface area contributed by atoms with Crippen LogP contribution in [0.1, 0.15) is 76.1 Å². The van der Waals surface area contributed by atoms with Gasteiger partial charge in [-0.25, -0.2) is 9.48 Å². The molecule has 4 unspecified atom stereocenters. The van der Waals surface area contributed by atoms with E-state index in [0.717, 1.165) is 67.6 Å². The number of nitrogens with one attached hydrogen (secondary N) is 2. The number of hydrogen-bond acceptors (Lipinski definition) is 4. The normalized spacial score (nSPS) is 25.1. The van der Waals surface area contributed by atoms with E-state index < -0.39 is 0 Å². The third-order valence-electron chi connectivity index (χ3n) is 10.2. The number of ether oxygens (including phenoxy) is 1. The number of piperidine rings is 1. The molecule has 4 aliphatic rings. The third-order valence-corrected chi connectivity index (χ3v) is 10.2. The number of urea groups is 1. The largest absolute Gasteiger partial charge is 0.494 e. The second kappa shape index (κ2) is 12.1. The van der Waals surface area contributed by atoms with E-state index in [1.807, 2.05) is 42.5 Å². The second-order valence-corrected chi connectivity index (χ2v) is 14.7. The number of fused-ring (bicyclic) bond motifs is 3. The first-order valence-electron chi connectivity index (χ1n) is 16.8. The molecule has 8 nitrogen and oxygen atoms in total. The predicted molar refractivity (Wildman–Crippen MR) is 181 cm³/mol. The molecular weight excluding hydrogens is 574 g/mol. The van der Waals surface area contributed by atoms with Crippen molar-refractivity contribution in [3.05, 3.63) is 95.4 Å². The Morgan fingerprint density at radius 2 is 1.67 bits per heavy atom. The van der Waals surface area contributed by atoms with Gasteiger partial charge in [0.25, 0.3) is 0 Å². The van der Waals surface area contributed by atoms with Gasteiger partial charge in [0.2, 0.25) is 5.91 Å². The monoisotopic (exact) mass is 619 g/mol. The Hall–Kier alpha value is -4.33. The van der Waals surface area contributed by atoms with Crippen LogP contribution in [0.4, 0.5) is 16.3 Å². The Morgan fingerprint density at radius 3 is 2.37 bits per heavy atom. The van der Waals surface area contributed by atoms with Crippen LogP contribution in [-0.2, 0) is 21.4 Å². The first kappa shape index (κ1) is 30.3. The SMILES string of the molecule is Cc1ccc(-n2nc(C(C)(C)C)cc2NC(=O)Nc2ccc(CC3CC4CCC(C3)N4C(=O)C3=CC4OC=CC4CC3)cc2)cc1. The van der Waals surface area contributed by atoms with Crippen molar-refractivity contribution in [1.29, 1.82) is 0 Å². The highest BCUT2D eigenvalue weighted by Crippen LogP contribution is 2.42. The van der Waals surface area contributed by atoms with E-state index in [1.54, 1.807) is 10.9 Å². The fourth-order valence-corrected chi connectivity index (χ4v) is 7.66. The number of carbonyl (C=O) groups is 2. The number of carbonyl (C=O) groups excluding carboxylic acids is 2. The Morgan fingerprint density at radius 1 is 0.957 bits per heavy atom. The van der Waals surface area contributed by atoms with Gasteiger partial charge in [-0.2, -0.15) is 5.10 Å². The minimum absolute atomic E-state index is 0.0370. The molecule has 0 radical (unpaired) electrons. The van der Waals surface area contributed by atoms with Crippen LogP contribution >= 0.6 is 0 Å². The van der Waals surface area contributed by atoms with Crippen molar-refractivity contribution in [1.82, 2.24) is 14.7 Å². The van der Waals surface area contributed by atoms with Gasteiger partial charge in [0.1, 0.15) is 11.9 Å². The molecule has 240 valence electrons. The molecule has 1 aromatic heterocycles. The van der Waals surface area contributed by atoms with Crippen LogP contribution in [0.2, 0.25) is 0 Å². The Kier molecular flexibility index (Phi) is 7.99. The molecule has 4 heterocycles. The van der Waals surface area contributed by atoms with Crippen LogP contribution in [0.3, 0.4) is 0 Å². The predicted octanol–water partition coefficient (Wildman–Crippen LogP) is 7.68. The number of anilines is 2. The Bertz CT molecular complexity index is 1650. The van der Waals surface area contributed by atoms with Crippen molar-refractivity contribution in [2.75, 3.05) is 10.6 Å². The van der Waals surface area contributed by atoms with Crippen molar-refractivity contribution in [3.8, 4) is 5.69 Å². The number of amides is 3. The zero-order valence-corrected chi connectivity index (χ0v) is 27.3. The van der Waals surface area contributed by atoms with E-state index in [4.69, 9.17) is 9.84 Å². The molecule has 0 saturated carbocycles. The van der Waals surface area contributed by atoms with E-state index in [0.29, 0.717) is 29.7 Å². The van der Waals surface area contributed by atoms with Gasteiger partial charge in [0.05, 0.1) is 17.6 Å². The molecule has 8 heteroatoms. The summed E-state index contributed by atoms with van der Waals surface area (Å²) in [5, 5.41) is 10.8. The molecule has 7 rings (SSSR count). The standard InChI is InChI=1S/C38H45N5O3/c1-24-5-13-30(14-6-24)43-35(23-34(41-43)38(2,3)4)40-37(45)39-29-11-7-25(8-12-29)19-26-20-31-15-16-32(21-26)42(31)36(44)28-10-9-27-17-18-46-33(27)22-28/h5-8,11-14,17-18,22-23,26-27,31-33H,9-10,15-16,19-21H2,1-4H3,(H2,39,40,45). The maximum Gasteiger partial charge on any atom is 0.324 e.